The largest absolute Gasteiger partial charge is 0.393 e. The van der Waals surface area contributed by atoms with Crippen LogP contribution in [0.5, 0.6) is 0 Å². The maximum atomic E-state index is 10.2. The molecule has 1 aliphatic heterocycles. The minimum Gasteiger partial charge on any atom is -0.393 e. The van der Waals surface area contributed by atoms with Gasteiger partial charge in [0.25, 0.3) is 0 Å². The first-order valence-corrected chi connectivity index (χ1v) is 5.20. The Bertz CT molecular complexity index is 338. The number of benzene rings is 1. The predicted octanol–water partition coefficient (Wildman–Crippen LogP) is 1.55. The fraction of sp³-hybridized carbons (Fsp3) is 0.333. The van der Waals surface area contributed by atoms with Gasteiger partial charge < -0.3 is 16.6 Å². The zero-order valence-corrected chi connectivity index (χ0v) is 9.72. The maximum absolute atomic E-state index is 10.2. The minimum atomic E-state index is -0.388. The van der Waals surface area contributed by atoms with E-state index in [4.69, 9.17) is 5.73 Å². The van der Waals surface area contributed by atoms with Gasteiger partial charge in [-0.2, -0.15) is 0 Å². The van der Waals surface area contributed by atoms with E-state index in [1.54, 1.807) is 0 Å². The molecule has 0 aliphatic carbocycles. The van der Waals surface area contributed by atoms with Crippen LogP contribution in [-0.4, -0.2) is 11.9 Å². The van der Waals surface area contributed by atoms with E-state index in [0.29, 0.717) is 25.8 Å². The van der Waals surface area contributed by atoms with Crippen LogP contribution in [0, 0.1) is 0 Å². The molecule has 2 rings (SSSR count). The Kier molecular flexibility index (Phi) is 7.58. The van der Waals surface area contributed by atoms with Crippen molar-refractivity contribution in [2.45, 2.75) is 25.8 Å². The van der Waals surface area contributed by atoms with Crippen molar-refractivity contribution in [2.75, 3.05) is 0 Å². The van der Waals surface area contributed by atoms with Gasteiger partial charge in [0.2, 0.25) is 0 Å². The maximum Gasteiger partial charge on any atom is 0.313 e. The van der Waals surface area contributed by atoms with Crippen LogP contribution in [0.1, 0.15) is 24.8 Å². The van der Waals surface area contributed by atoms with Crippen LogP contribution in [0.25, 0.3) is 0 Å². The molecule has 0 spiro atoms. The molecule has 1 heterocycles. The van der Waals surface area contributed by atoms with Gasteiger partial charge >= 0.3 is 11.9 Å². The first kappa shape index (κ1) is 15.3. The molecule has 94 valence electrons. The molecule has 0 atom stereocenters. The summed E-state index contributed by atoms with van der Waals surface area (Å²) in [6.07, 6.45) is 1.44. The highest BCUT2D eigenvalue weighted by atomic mass is 16.6. The number of carbonyl (C=O) groups excluding carboxylic acids is 2. The summed E-state index contributed by atoms with van der Waals surface area (Å²) in [5.41, 5.74) is 6.54. The van der Waals surface area contributed by atoms with Crippen LogP contribution in [0.2, 0.25) is 0 Å². The van der Waals surface area contributed by atoms with E-state index >= 15 is 0 Å². The molecule has 0 aromatic heterocycles. The summed E-state index contributed by atoms with van der Waals surface area (Å²) >= 11 is 0. The van der Waals surface area contributed by atoms with Gasteiger partial charge in [-0.3, -0.25) is 9.59 Å². The van der Waals surface area contributed by atoms with Crippen molar-refractivity contribution in [3.05, 3.63) is 35.9 Å². The quantitative estimate of drug-likeness (QED) is 0.570. The average molecular weight is 238 g/mol. The fourth-order valence-corrected chi connectivity index (χ4v) is 1.22. The molecule has 0 saturated carbocycles. The molecule has 0 unspecified atom stereocenters. The number of carbonyl (C=O) groups is 2. The van der Waals surface area contributed by atoms with E-state index in [0.717, 1.165) is 0 Å². The van der Waals surface area contributed by atoms with Crippen molar-refractivity contribution < 1.29 is 14.3 Å². The standard InChI is InChI=1S/C7H9N.C5H6O3.H3N/c8-6-7-4-2-1-3-5-7;6-4-2-1-3-5(7)8-4;/h1-5H,6,8H2;1-3H2;1H3. The van der Waals surface area contributed by atoms with Crippen LogP contribution in [0.3, 0.4) is 0 Å². The van der Waals surface area contributed by atoms with Gasteiger partial charge in [0.1, 0.15) is 0 Å². The number of rotatable bonds is 1. The lowest BCUT2D eigenvalue weighted by atomic mass is 10.2. The Morgan fingerprint density at radius 2 is 1.59 bits per heavy atom. The Balaban J connectivity index is 0.000000284. The Morgan fingerprint density at radius 3 is 1.88 bits per heavy atom. The van der Waals surface area contributed by atoms with E-state index in [2.05, 4.69) is 4.74 Å². The SMILES string of the molecule is N.NCc1ccccc1.O=C1CCCC(=O)O1. The number of ether oxygens (including phenoxy) is 1. The monoisotopic (exact) mass is 238 g/mol. The highest BCUT2D eigenvalue weighted by Crippen LogP contribution is 2.06. The van der Waals surface area contributed by atoms with E-state index in [1.807, 2.05) is 30.3 Å². The van der Waals surface area contributed by atoms with Crippen LogP contribution < -0.4 is 11.9 Å². The molecule has 0 amide bonds. The second-order valence-electron chi connectivity index (χ2n) is 3.39. The molecule has 1 fully saturated rings. The van der Waals surface area contributed by atoms with Crippen molar-refractivity contribution in [1.82, 2.24) is 6.15 Å². The van der Waals surface area contributed by atoms with E-state index in [-0.39, 0.29) is 18.1 Å². The van der Waals surface area contributed by atoms with Crippen LogP contribution in [0.4, 0.5) is 0 Å². The first-order chi connectivity index (χ1) is 7.72. The zero-order valence-electron chi connectivity index (χ0n) is 9.72. The normalized spacial score (nSPS) is 13.9. The third-order valence-corrected chi connectivity index (χ3v) is 2.07. The van der Waals surface area contributed by atoms with Gasteiger partial charge in [-0.15, -0.1) is 0 Å². The van der Waals surface area contributed by atoms with E-state index < -0.39 is 0 Å². The summed E-state index contributed by atoms with van der Waals surface area (Å²) in [5, 5.41) is 0. The summed E-state index contributed by atoms with van der Waals surface area (Å²) in [4.78, 5) is 20.5. The lowest BCUT2D eigenvalue weighted by Gasteiger charge is -2.06. The molecule has 1 aliphatic rings. The van der Waals surface area contributed by atoms with Gasteiger partial charge in [-0.25, -0.2) is 0 Å². The molecular weight excluding hydrogens is 220 g/mol. The van der Waals surface area contributed by atoms with E-state index in [9.17, 15) is 9.59 Å². The molecule has 0 radical (unpaired) electrons. The Hall–Kier alpha value is -1.72. The van der Waals surface area contributed by atoms with Crippen LogP contribution in [-0.2, 0) is 20.9 Å². The molecule has 1 aromatic rings. The van der Waals surface area contributed by atoms with Crippen molar-refractivity contribution in [3.8, 4) is 0 Å². The van der Waals surface area contributed by atoms with Gasteiger partial charge in [-0.05, 0) is 12.0 Å². The highest BCUT2D eigenvalue weighted by Gasteiger charge is 2.15. The fourth-order valence-electron chi connectivity index (χ4n) is 1.22. The lowest BCUT2D eigenvalue weighted by molar-refractivity contribution is -0.163. The molecule has 5 heteroatoms. The molecular formula is C12H18N2O3. The highest BCUT2D eigenvalue weighted by molar-refractivity contribution is 5.87. The van der Waals surface area contributed by atoms with Crippen molar-refractivity contribution in [1.29, 1.82) is 0 Å². The van der Waals surface area contributed by atoms with Gasteiger partial charge in [0, 0.05) is 19.4 Å². The number of hydrogen-bond acceptors (Lipinski definition) is 5. The average Bonchev–Trinajstić information content (AvgIpc) is 2.31. The Morgan fingerprint density at radius 1 is 1.06 bits per heavy atom. The predicted molar refractivity (Wildman–Crippen MR) is 64.3 cm³/mol. The number of esters is 2. The molecule has 17 heavy (non-hydrogen) atoms. The summed E-state index contributed by atoms with van der Waals surface area (Å²) in [7, 11) is 0. The van der Waals surface area contributed by atoms with Crippen LogP contribution >= 0.6 is 0 Å². The lowest BCUT2D eigenvalue weighted by Crippen LogP contribution is -2.17. The summed E-state index contributed by atoms with van der Waals surface area (Å²) in [6, 6.07) is 9.99. The summed E-state index contributed by atoms with van der Waals surface area (Å²) in [5.74, 6) is -0.775. The van der Waals surface area contributed by atoms with Crippen molar-refractivity contribution >= 4 is 11.9 Å². The smallest absolute Gasteiger partial charge is 0.313 e. The molecule has 1 saturated heterocycles. The second-order valence-corrected chi connectivity index (χ2v) is 3.39. The Labute approximate surface area is 101 Å². The molecule has 5 nitrogen and oxygen atoms in total. The molecule has 1 aromatic carbocycles. The number of hydrogen-bond donors (Lipinski definition) is 2. The first-order valence-electron chi connectivity index (χ1n) is 5.20. The van der Waals surface area contributed by atoms with Gasteiger partial charge in [-0.1, -0.05) is 30.3 Å². The second kappa shape index (κ2) is 8.43. The van der Waals surface area contributed by atoms with Crippen LogP contribution in [0.15, 0.2) is 30.3 Å². The summed E-state index contributed by atoms with van der Waals surface area (Å²) < 4.78 is 4.21. The molecule has 5 N–H and O–H groups in total. The van der Waals surface area contributed by atoms with E-state index in [1.165, 1.54) is 5.56 Å². The third-order valence-electron chi connectivity index (χ3n) is 2.07. The molecule has 0 bridgehead atoms. The summed E-state index contributed by atoms with van der Waals surface area (Å²) in [6.45, 7) is 0.640. The minimum absolute atomic E-state index is 0. The zero-order chi connectivity index (χ0) is 11.8. The van der Waals surface area contributed by atoms with Crippen molar-refractivity contribution in [3.63, 3.8) is 0 Å². The number of cyclic esters (lactones) is 2. The van der Waals surface area contributed by atoms with Gasteiger partial charge in [0.05, 0.1) is 0 Å². The topological polar surface area (TPSA) is 104 Å². The number of nitrogens with two attached hydrogens (primary N) is 1. The third kappa shape index (κ3) is 6.44. The van der Waals surface area contributed by atoms with Crippen molar-refractivity contribution in [2.24, 2.45) is 5.73 Å². The van der Waals surface area contributed by atoms with Gasteiger partial charge in [0.15, 0.2) is 0 Å².